The van der Waals surface area contributed by atoms with E-state index in [1.807, 2.05) is 0 Å². The minimum atomic E-state index is -1.17. The zero-order valence-electron chi connectivity index (χ0n) is 6.87. The van der Waals surface area contributed by atoms with Crippen molar-refractivity contribution in [1.82, 2.24) is 0 Å². The van der Waals surface area contributed by atoms with E-state index in [0.29, 0.717) is 16.4 Å². The summed E-state index contributed by atoms with van der Waals surface area (Å²) < 4.78 is 13.2. The summed E-state index contributed by atoms with van der Waals surface area (Å²) in [6, 6.07) is 4.25. The summed E-state index contributed by atoms with van der Waals surface area (Å²) in [6.45, 7) is 0. The van der Waals surface area contributed by atoms with Gasteiger partial charge in [-0.3, -0.25) is 5.43 Å². The van der Waals surface area contributed by atoms with E-state index in [9.17, 15) is 9.18 Å². The predicted molar refractivity (Wildman–Crippen MR) is 53.9 cm³/mol. The minimum absolute atomic E-state index is 0.338. The molecule has 0 saturated heterocycles. The van der Waals surface area contributed by atoms with E-state index in [0.717, 1.165) is 0 Å². The number of nitrogens with one attached hydrogen (secondary N) is 1. The van der Waals surface area contributed by atoms with Crippen LogP contribution < -0.4 is 5.43 Å². The highest BCUT2D eigenvalue weighted by Crippen LogP contribution is 2.18. The molecule has 14 heavy (non-hydrogen) atoms. The van der Waals surface area contributed by atoms with Crippen LogP contribution in [0.2, 0.25) is 0 Å². The first kappa shape index (κ1) is 10.6. The van der Waals surface area contributed by atoms with Crippen molar-refractivity contribution in [2.24, 2.45) is 5.10 Å². The Labute approximate surface area is 87.6 Å². The van der Waals surface area contributed by atoms with Crippen LogP contribution in [0.3, 0.4) is 0 Å². The van der Waals surface area contributed by atoms with E-state index in [2.05, 4.69) is 26.5 Å². The number of halogens is 2. The first-order chi connectivity index (χ1) is 6.59. The van der Waals surface area contributed by atoms with Gasteiger partial charge in [0.15, 0.2) is 0 Å². The molecular weight excluding hydrogens is 255 g/mol. The van der Waals surface area contributed by atoms with Gasteiger partial charge in [0, 0.05) is 6.07 Å². The van der Waals surface area contributed by atoms with Gasteiger partial charge in [-0.05, 0) is 28.1 Å². The largest absolute Gasteiger partial charge is 0.477 e. The van der Waals surface area contributed by atoms with E-state index in [1.54, 1.807) is 6.07 Å². The number of hydrazone groups is 1. The second kappa shape index (κ2) is 4.71. The zero-order chi connectivity index (χ0) is 10.6. The van der Waals surface area contributed by atoms with Gasteiger partial charge in [-0.2, -0.15) is 5.10 Å². The topological polar surface area (TPSA) is 61.7 Å². The molecule has 1 aromatic carbocycles. The minimum Gasteiger partial charge on any atom is -0.477 e. The first-order valence-electron chi connectivity index (χ1n) is 3.56. The van der Waals surface area contributed by atoms with Gasteiger partial charge in [-0.15, -0.1) is 0 Å². The summed E-state index contributed by atoms with van der Waals surface area (Å²) >= 11 is 2.99. The fraction of sp³-hybridized carbons (Fsp3) is 0. The van der Waals surface area contributed by atoms with Crippen molar-refractivity contribution in [3.05, 3.63) is 28.5 Å². The zero-order valence-corrected chi connectivity index (χ0v) is 8.45. The number of nitrogens with zero attached hydrogens (tertiary/aromatic N) is 1. The average Bonchev–Trinajstić information content (AvgIpc) is 2.10. The smallest absolute Gasteiger partial charge is 0.348 e. The Hall–Kier alpha value is -1.43. The Balaban J connectivity index is 2.69. The second-order valence-corrected chi connectivity index (χ2v) is 3.19. The lowest BCUT2D eigenvalue weighted by atomic mass is 10.3. The van der Waals surface area contributed by atoms with Gasteiger partial charge in [0.05, 0.1) is 10.2 Å². The number of hydrogen-bond donors (Lipinski definition) is 2. The van der Waals surface area contributed by atoms with Crippen molar-refractivity contribution in [2.45, 2.75) is 0 Å². The number of anilines is 1. The second-order valence-electron chi connectivity index (χ2n) is 2.34. The lowest BCUT2D eigenvalue weighted by molar-refractivity contribution is -0.128. The molecule has 0 saturated carbocycles. The molecule has 0 bridgehead atoms. The van der Waals surface area contributed by atoms with Crippen molar-refractivity contribution >= 4 is 33.8 Å². The Kier molecular flexibility index (Phi) is 3.58. The van der Waals surface area contributed by atoms with Gasteiger partial charge in [0.1, 0.15) is 12.0 Å². The monoisotopic (exact) mass is 260 g/mol. The summed E-state index contributed by atoms with van der Waals surface area (Å²) in [5.41, 5.74) is 2.75. The maximum atomic E-state index is 12.9. The number of carbonyl (C=O) groups is 1. The SMILES string of the molecule is O=C(O)C=NNc1ccc(Br)c(F)c1. The van der Waals surface area contributed by atoms with Crippen molar-refractivity contribution in [1.29, 1.82) is 0 Å². The standard InChI is InChI=1S/C8H6BrFN2O2/c9-6-2-1-5(3-7(6)10)12-11-4-8(13)14/h1-4,12H,(H,13,14). The summed E-state index contributed by atoms with van der Waals surface area (Å²) in [6.07, 6.45) is 0.681. The third-order valence-electron chi connectivity index (χ3n) is 1.29. The lowest BCUT2D eigenvalue weighted by Crippen LogP contribution is -1.98. The molecule has 0 heterocycles. The predicted octanol–water partition coefficient (Wildman–Crippen LogP) is 2.07. The van der Waals surface area contributed by atoms with Gasteiger partial charge in [0.25, 0.3) is 0 Å². The number of benzene rings is 1. The van der Waals surface area contributed by atoms with Gasteiger partial charge >= 0.3 is 5.97 Å². The molecule has 0 aliphatic rings. The fourth-order valence-corrected chi connectivity index (χ4v) is 0.974. The van der Waals surface area contributed by atoms with Crippen molar-refractivity contribution in [2.75, 3.05) is 5.43 Å². The molecule has 0 unspecified atom stereocenters. The van der Waals surface area contributed by atoms with Crippen LogP contribution in [0.1, 0.15) is 0 Å². The molecule has 74 valence electrons. The molecular formula is C8H6BrFN2O2. The lowest BCUT2D eigenvalue weighted by Gasteiger charge is -2.00. The van der Waals surface area contributed by atoms with Crippen LogP contribution in [0, 0.1) is 5.82 Å². The van der Waals surface area contributed by atoms with Crippen LogP contribution in [0.5, 0.6) is 0 Å². The molecule has 0 aliphatic carbocycles. The van der Waals surface area contributed by atoms with Crippen LogP contribution >= 0.6 is 15.9 Å². The Bertz CT molecular complexity index is 382. The molecule has 0 aliphatic heterocycles. The van der Waals surface area contributed by atoms with Gasteiger partial charge in [-0.1, -0.05) is 0 Å². The maximum Gasteiger partial charge on any atom is 0.348 e. The van der Waals surface area contributed by atoms with E-state index in [-0.39, 0.29) is 0 Å². The third kappa shape index (κ3) is 3.14. The third-order valence-corrected chi connectivity index (χ3v) is 1.93. The summed E-state index contributed by atoms with van der Waals surface area (Å²) in [5.74, 6) is -1.62. The quantitative estimate of drug-likeness (QED) is 0.646. The van der Waals surface area contributed by atoms with Gasteiger partial charge in [0.2, 0.25) is 0 Å². The average molecular weight is 261 g/mol. The van der Waals surface area contributed by atoms with Crippen molar-refractivity contribution in [3.63, 3.8) is 0 Å². The van der Waals surface area contributed by atoms with Crippen molar-refractivity contribution < 1.29 is 14.3 Å². The van der Waals surface area contributed by atoms with E-state index in [1.165, 1.54) is 12.1 Å². The van der Waals surface area contributed by atoms with Gasteiger partial charge < -0.3 is 5.11 Å². The summed E-state index contributed by atoms with van der Waals surface area (Å²) in [7, 11) is 0. The molecule has 4 nitrogen and oxygen atoms in total. The molecule has 6 heteroatoms. The number of hydrogen-bond acceptors (Lipinski definition) is 3. The van der Waals surface area contributed by atoms with Crippen LogP contribution in [-0.4, -0.2) is 17.3 Å². The molecule has 1 rings (SSSR count). The Morgan fingerprint density at radius 3 is 2.93 bits per heavy atom. The summed E-state index contributed by atoms with van der Waals surface area (Å²) in [5, 5.41) is 11.6. The summed E-state index contributed by atoms with van der Waals surface area (Å²) in [4.78, 5) is 10.0. The normalized spacial score (nSPS) is 10.4. The van der Waals surface area contributed by atoms with Crippen LogP contribution in [0.15, 0.2) is 27.8 Å². The van der Waals surface area contributed by atoms with E-state index >= 15 is 0 Å². The molecule has 0 fully saturated rings. The highest BCUT2D eigenvalue weighted by atomic mass is 79.9. The first-order valence-corrected chi connectivity index (χ1v) is 4.36. The number of rotatable bonds is 3. The molecule has 0 radical (unpaired) electrons. The molecule has 0 spiro atoms. The van der Waals surface area contributed by atoms with Crippen LogP contribution in [-0.2, 0) is 4.79 Å². The molecule has 0 atom stereocenters. The number of carboxylic acids is 1. The van der Waals surface area contributed by atoms with Gasteiger partial charge in [-0.25, -0.2) is 9.18 Å². The number of carboxylic acid groups (broad SMARTS) is 1. The molecule has 0 amide bonds. The molecule has 0 aromatic heterocycles. The molecule has 2 N–H and O–H groups in total. The Morgan fingerprint density at radius 2 is 2.36 bits per heavy atom. The highest BCUT2D eigenvalue weighted by molar-refractivity contribution is 9.10. The molecule has 1 aromatic rings. The van der Waals surface area contributed by atoms with Crippen molar-refractivity contribution in [3.8, 4) is 0 Å². The Morgan fingerprint density at radius 1 is 1.64 bits per heavy atom. The highest BCUT2D eigenvalue weighted by Gasteiger charge is 1.98. The fourth-order valence-electron chi connectivity index (χ4n) is 0.728. The van der Waals surface area contributed by atoms with Crippen LogP contribution in [0.4, 0.5) is 10.1 Å². The number of aliphatic carboxylic acids is 1. The van der Waals surface area contributed by atoms with E-state index in [4.69, 9.17) is 5.11 Å². The maximum absolute atomic E-state index is 12.9. The van der Waals surface area contributed by atoms with E-state index < -0.39 is 11.8 Å². The van der Waals surface area contributed by atoms with Crippen LogP contribution in [0.25, 0.3) is 0 Å².